The summed E-state index contributed by atoms with van der Waals surface area (Å²) in [5, 5.41) is 0. The second-order valence-corrected chi connectivity index (χ2v) is 6.08. The standard InChI is InChI=1S/C22H16O4/c23-19(15-7-2-1-3-8-15)13-17-16-9-4-5-10-20(16)26-14-18(17)22(24)21-11-6-12-25-21/h1-12,14,17H,13H2. The van der Waals surface area contributed by atoms with E-state index in [0.717, 1.165) is 5.56 Å². The van der Waals surface area contributed by atoms with Gasteiger partial charge in [0.2, 0.25) is 5.78 Å². The van der Waals surface area contributed by atoms with Gasteiger partial charge < -0.3 is 9.15 Å². The third-order valence-corrected chi connectivity index (χ3v) is 4.48. The van der Waals surface area contributed by atoms with Gasteiger partial charge in [-0.15, -0.1) is 0 Å². The molecule has 128 valence electrons. The van der Waals surface area contributed by atoms with Gasteiger partial charge in [0.05, 0.1) is 12.5 Å². The van der Waals surface area contributed by atoms with Gasteiger partial charge in [0.1, 0.15) is 5.75 Å². The largest absolute Gasteiger partial charge is 0.464 e. The van der Waals surface area contributed by atoms with E-state index in [1.165, 1.54) is 12.5 Å². The van der Waals surface area contributed by atoms with Crippen molar-refractivity contribution in [3.63, 3.8) is 0 Å². The van der Waals surface area contributed by atoms with E-state index >= 15 is 0 Å². The Morgan fingerprint density at radius 2 is 1.65 bits per heavy atom. The first kappa shape index (κ1) is 16.1. The van der Waals surface area contributed by atoms with Crippen LogP contribution in [0.1, 0.15) is 38.8 Å². The number of hydrogen-bond donors (Lipinski definition) is 0. The molecule has 0 N–H and O–H groups in total. The monoisotopic (exact) mass is 344 g/mol. The fourth-order valence-corrected chi connectivity index (χ4v) is 3.16. The van der Waals surface area contributed by atoms with Gasteiger partial charge in [0.15, 0.2) is 11.5 Å². The summed E-state index contributed by atoms with van der Waals surface area (Å²) in [6.07, 6.45) is 3.08. The average molecular weight is 344 g/mol. The minimum Gasteiger partial charge on any atom is -0.464 e. The molecule has 0 aliphatic carbocycles. The molecule has 2 aromatic carbocycles. The zero-order valence-corrected chi connectivity index (χ0v) is 13.9. The molecule has 26 heavy (non-hydrogen) atoms. The number of ketones is 2. The highest BCUT2D eigenvalue weighted by atomic mass is 16.5. The summed E-state index contributed by atoms with van der Waals surface area (Å²) in [6.45, 7) is 0. The maximum atomic E-state index is 12.8. The van der Waals surface area contributed by atoms with Crippen LogP contribution in [0.25, 0.3) is 0 Å². The first-order valence-corrected chi connectivity index (χ1v) is 8.36. The number of benzene rings is 2. The van der Waals surface area contributed by atoms with E-state index in [1.54, 1.807) is 24.3 Å². The number of rotatable bonds is 5. The Labute approximate surface area is 150 Å². The van der Waals surface area contributed by atoms with Crippen molar-refractivity contribution in [3.05, 3.63) is 102 Å². The number of allylic oxidation sites excluding steroid dienone is 1. The van der Waals surface area contributed by atoms with Gasteiger partial charge in [-0.25, -0.2) is 0 Å². The number of carbonyl (C=O) groups excluding carboxylic acids is 2. The normalized spacial score (nSPS) is 15.5. The van der Waals surface area contributed by atoms with Crippen LogP contribution in [0.4, 0.5) is 0 Å². The van der Waals surface area contributed by atoms with Crippen LogP contribution in [0, 0.1) is 0 Å². The lowest BCUT2D eigenvalue weighted by molar-refractivity contribution is 0.0963. The van der Waals surface area contributed by atoms with Crippen LogP contribution in [0.3, 0.4) is 0 Å². The van der Waals surface area contributed by atoms with Crippen LogP contribution in [0.15, 0.2) is 89.2 Å². The summed E-state index contributed by atoms with van der Waals surface area (Å²) in [5.74, 6) is 0.219. The molecule has 0 saturated carbocycles. The number of furan rings is 1. The Kier molecular flexibility index (Phi) is 4.23. The molecule has 1 unspecified atom stereocenters. The summed E-state index contributed by atoms with van der Waals surface area (Å²) in [6, 6.07) is 19.8. The van der Waals surface area contributed by atoms with Crippen molar-refractivity contribution in [1.82, 2.24) is 0 Å². The highest BCUT2D eigenvalue weighted by Gasteiger charge is 2.32. The van der Waals surface area contributed by atoms with Crippen molar-refractivity contribution >= 4 is 11.6 Å². The molecule has 0 saturated heterocycles. The predicted molar refractivity (Wildman–Crippen MR) is 96.3 cm³/mol. The van der Waals surface area contributed by atoms with Crippen molar-refractivity contribution in [3.8, 4) is 5.75 Å². The van der Waals surface area contributed by atoms with E-state index in [2.05, 4.69) is 0 Å². The van der Waals surface area contributed by atoms with Crippen LogP contribution in [-0.4, -0.2) is 11.6 Å². The number of Topliss-reactive ketones (excluding diaryl/α,β-unsaturated/α-hetero) is 2. The second kappa shape index (κ2) is 6.84. The minimum absolute atomic E-state index is 0.0227. The van der Waals surface area contributed by atoms with Gasteiger partial charge in [0, 0.05) is 29.0 Å². The molecule has 2 heterocycles. The number of para-hydroxylation sites is 1. The van der Waals surface area contributed by atoms with E-state index in [4.69, 9.17) is 9.15 Å². The molecule has 1 atom stereocenters. The number of carbonyl (C=O) groups is 2. The predicted octanol–water partition coefficient (Wildman–Crippen LogP) is 4.80. The Hall–Kier alpha value is -3.40. The average Bonchev–Trinajstić information content (AvgIpc) is 3.23. The second-order valence-electron chi connectivity index (χ2n) is 6.08. The summed E-state index contributed by atoms with van der Waals surface area (Å²) >= 11 is 0. The third kappa shape index (κ3) is 2.97. The Balaban J connectivity index is 1.70. The topological polar surface area (TPSA) is 56.5 Å². The van der Waals surface area contributed by atoms with Crippen molar-refractivity contribution in [1.29, 1.82) is 0 Å². The maximum Gasteiger partial charge on any atom is 0.227 e. The molecule has 0 bridgehead atoms. The minimum atomic E-state index is -0.384. The highest BCUT2D eigenvalue weighted by molar-refractivity contribution is 6.09. The van der Waals surface area contributed by atoms with Crippen LogP contribution in [-0.2, 0) is 0 Å². The van der Waals surface area contributed by atoms with Crippen LogP contribution in [0.5, 0.6) is 5.75 Å². The van der Waals surface area contributed by atoms with E-state index in [9.17, 15) is 9.59 Å². The molecule has 1 aliphatic heterocycles. The Morgan fingerprint density at radius 1 is 0.885 bits per heavy atom. The Morgan fingerprint density at radius 3 is 2.42 bits per heavy atom. The van der Waals surface area contributed by atoms with Gasteiger partial charge in [-0.1, -0.05) is 48.5 Å². The molecule has 4 nitrogen and oxygen atoms in total. The van der Waals surface area contributed by atoms with E-state index in [-0.39, 0.29) is 29.7 Å². The van der Waals surface area contributed by atoms with Crippen LogP contribution < -0.4 is 4.74 Å². The van der Waals surface area contributed by atoms with Crippen LogP contribution >= 0.6 is 0 Å². The first-order chi connectivity index (χ1) is 12.7. The van der Waals surface area contributed by atoms with E-state index < -0.39 is 0 Å². The van der Waals surface area contributed by atoms with Crippen molar-refractivity contribution in [2.75, 3.05) is 0 Å². The smallest absolute Gasteiger partial charge is 0.227 e. The fraction of sp³-hybridized carbons (Fsp3) is 0.0909. The summed E-state index contributed by atoms with van der Waals surface area (Å²) in [4.78, 5) is 25.6. The fourth-order valence-electron chi connectivity index (χ4n) is 3.16. The van der Waals surface area contributed by atoms with Crippen molar-refractivity contribution < 1.29 is 18.7 Å². The molecule has 4 rings (SSSR count). The SMILES string of the molecule is O=C(CC1C(C(=O)c2ccco2)=COc2ccccc21)c1ccccc1. The summed E-state index contributed by atoms with van der Waals surface area (Å²) < 4.78 is 10.9. The molecule has 0 amide bonds. The molecule has 3 aromatic rings. The molecule has 1 aliphatic rings. The molecule has 0 fully saturated rings. The van der Waals surface area contributed by atoms with E-state index in [1.807, 2.05) is 42.5 Å². The lowest BCUT2D eigenvalue weighted by Crippen LogP contribution is -2.20. The van der Waals surface area contributed by atoms with E-state index in [0.29, 0.717) is 16.9 Å². The van der Waals surface area contributed by atoms with Gasteiger partial charge in [-0.3, -0.25) is 9.59 Å². The number of ether oxygens (including phenoxy) is 1. The molecule has 1 aromatic heterocycles. The van der Waals surface area contributed by atoms with Gasteiger partial charge in [0.25, 0.3) is 0 Å². The summed E-state index contributed by atoms with van der Waals surface area (Å²) in [7, 11) is 0. The van der Waals surface area contributed by atoms with Gasteiger partial charge in [-0.05, 0) is 18.2 Å². The number of fused-ring (bicyclic) bond motifs is 1. The maximum absolute atomic E-state index is 12.8. The zero-order valence-electron chi connectivity index (χ0n) is 13.9. The van der Waals surface area contributed by atoms with Gasteiger partial charge >= 0.3 is 0 Å². The van der Waals surface area contributed by atoms with Crippen molar-refractivity contribution in [2.24, 2.45) is 0 Å². The Bertz CT molecular complexity index is 968. The van der Waals surface area contributed by atoms with Gasteiger partial charge in [-0.2, -0.15) is 0 Å². The first-order valence-electron chi connectivity index (χ1n) is 8.36. The van der Waals surface area contributed by atoms with Crippen LogP contribution in [0.2, 0.25) is 0 Å². The lowest BCUT2D eigenvalue weighted by atomic mass is 9.82. The molecule has 0 radical (unpaired) electrons. The van der Waals surface area contributed by atoms with Crippen molar-refractivity contribution in [2.45, 2.75) is 12.3 Å². The highest BCUT2D eigenvalue weighted by Crippen LogP contribution is 2.40. The number of hydrogen-bond acceptors (Lipinski definition) is 4. The molecule has 4 heteroatoms. The molecule has 0 spiro atoms. The third-order valence-electron chi connectivity index (χ3n) is 4.48. The zero-order chi connectivity index (χ0) is 17.9. The molecular formula is C22H16O4. The molecular weight excluding hydrogens is 328 g/mol. The lowest BCUT2D eigenvalue weighted by Gasteiger charge is -2.25. The summed E-state index contributed by atoms with van der Waals surface area (Å²) in [5.41, 5.74) is 1.87. The quantitative estimate of drug-likeness (QED) is 0.624.